The normalized spacial score (nSPS) is 14.2. The Bertz CT molecular complexity index is 699. The first-order valence-corrected chi connectivity index (χ1v) is 7.69. The molecule has 21 heavy (non-hydrogen) atoms. The average molecular weight is 377 g/mol. The lowest BCUT2D eigenvalue weighted by atomic mass is 10.2. The van der Waals surface area contributed by atoms with Crippen LogP contribution in [0.15, 0.2) is 16.6 Å². The third kappa shape index (κ3) is 2.92. The highest BCUT2D eigenvalue weighted by Gasteiger charge is 2.25. The average Bonchev–Trinajstić information content (AvgIpc) is 2.76. The van der Waals surface area contributed by atoms with E-state index >= 15 is 0 Å². The predicted octanol–water partition coefficient (Wildman–Crippen LogP) is 3.89. The number of imidazole rings is 1. The van der Waals surface area contributed by atoms with Gasteiger partial charge in [0.05, 0.1) is 20.9 Å². The van der Waals surface area contributed by atoms with Gasteiger partial charge in [-0.2, -0.15) is 0 Å². The molecule has 0 saturated heterocycles. The molecule has 0 fully saturated rings. The summed E-state index contributed by atoms with van der Waals surface area (Å²) in [7, 11) is 3.38. The number of benzene rings is 1. The standard InChI is InChI=1S/C14H16BrClFN3O/c1-7(16)13-18-11-6-10(17)9(15)5-12(11)20(13)8(2)14(21)19(3)4/h5-8H,1-4H3. The number of nitrogens with zero attached hydrogens (tertiary/aromatic N) is 3. The Kier molecular flexibility index (Phi) is 4.58. The van der Waals surface area contributed by atoms with Crippen molar-refractivity contribution in [3.05, 3.63) is 28.2 Å². The molecule has 0 radical (unpaired) electrons. The van der Waals surface area contributed by atoms with Crippen LogP contribution >= 0.6 is 27.5 Å². The van der Waals surface area contributed by atoms with Crippen LogP contribution in [0.3, 0.4) is 0 Å². The zero-order valence-electron chi connectivity index (χ0n) is 12.2. The molecule has 2 atom stereocenters. The fourth-order valence-corrected chi connectivity index (χ4v) is 2.77. The van der Waals surface area contributed by atoms with Crippen molar-refractivity contribution >= 4 is 44.5 Å². The van der Waals surface area contributed by atoms with E-state index in [0.29, 0.717) is 21.3 Å². The van der Waals surface area contributed by atoms with E-state index in [0.717, 1.165) is 0 Å². The number of carbonyl (C=O) groups excluding carboxylic acids is 1. The summed E-state index contributed by atoms with van der Waals surface area (Å²) >= 11 is 9.34. The second-order valence-corrected chi connectivity index (χ2v) is 6.63. The van der Waals surface area contributed by atoms with E-state index in [1.807, 2.05) is 0 Å². The van der Waals surface area contributed by atoms with Crippen LogP contribution in [0.1, 0.15) is 31.1 Å². The first kappa shape index (κ1) is 16.2. The quantitative estimate of drug-likeness (QED) is 0.762. The van der Waals surface area contributed by atoms with Gasteiger partial charge in [-0.25, -0.2) is 9.37 Å². The van der Waals surface area contributed by atoms with E-state index in [-0.39, 0.29) is 5.91 Å². The molecule has 2 aromatic rings. The third-order valence-electron chi connectivity index (χ3n) is 3.30. The minimum absolute atomic E-state index is 0.0756. The lowest BCUT2D eigenvalue weighted by Crippen LogP contribution is -2.30. The third-order valence-corrected chi connectivity index (χ3v) is 4.10. The number of hydrogen-bond acceptors (Lipinski definition) is 2. The minimum Gasteiger partial charge on any atom is -0.347 e. The molecule has 1 heterocycles. The fourth-order valence-electron chi connectivity index (χ4n) is 2.28. The molecule has 0 bridgehead atoms. The highest BCUT2D eigenvalue weighted by Crippen LogP contribution is 2.31. The number of hydrogen-bond donors (Lipinski definition) is 0. The molecule has 0 N–H and O–H groups in total. The van der Waals surface area contributed by atoms with E-state index in [1.54, 1.807) is 38.6 Å². The minimum atomic E-state index is -0.474. The van der Waals surface area contributed by atoms with Gasteiger partial charge in [-0.05, 0) is 35.8 Å². The molecule has 2 unspecified atom stereocenters. The number of amides is 1. The number of fused-ring (bicyclic) bond motifs is 1. The lowest BCUT2D eigenvalue weighted by Gasteiger charge is -2.21. The molecule has 0 saturated carbocycles. The highest BCUT2D eigenvalue weighted by atomic mass is 79.9. The molecule has 2 rings (SSSR count). The van der Waals surface area contributed by atoms with Crippen LogP contribution < -0.4 is 0 Å². The number of aromatic nitrogens is 2. The number of likely N-dealkylation sites (N-methyl/N-ethyl adjacent to an activating group) is 1. The van der Waals surface area contributed by atoms with E-state index in [2.05, 4.69) is 20.9 Å². The van der Waals surface area contributed by atoms with E-state index in [1.165, 1.54) is 11.0 Å². The van der Waals surface area contributed by atoms with Crippen LogP contribution in [0.2, 0.25) is 0 Å². The maximum absolute atomic E-state index is 13.7. The van der Waals surface area contributed by atoms with Gasteiger partial charge in [-0.1, -0.05) is 0 Å². The van der Waals surface area contributed by atoms with Crippen molar-refractivity contribution in [1.29, 1.82) is 0 Å². The Morgan fingerprint density at radius 2 is 2.05 bits per heavy atom. The van der Waals surface area contributed by atoms with Gasteiger partial charge in [-0.15, -0.1) is 11.6 Å². The van der Waals surface area contributed by atoms with Crippen molar-refractivity contribution in [2.45, 2.75) is 25.3 Å². The molecule has 1 aromatic heterocycles. The molecule has 1 aromatic carbocycles. The van der Waals surface area contributed by atoms with Crippen LogP contribution in [0.4, 0.5) is 4.39 Å². The van der Waals surface area contributed by atoms with Crippen LogP contribution in [-0.2, 0) is 4.79 Å². The Hall–Kier alpha value is -1.14. The number of halogens is 3. The van der Waals surface area contributed by atoms with Crippen molar-refractivity contribution in [3.63, 3.8) is 0 Å². The summed E-state index contributed by atoms with van der Waals surface area (Å²) in [5.74, 6) is 0.0766. The molecule has 0 aliphatic carbocycles. The maximum Gasteiger partial charge on any atom is 0.244 e. The van der Waals surface area contributed by atoms with E-state index in [4.69, 9.17) is 11.6 Å². The summed E-state index contributed by atoms with van der Waals surface area (Å²) in [5, 5.41) is -0.392. The molecule has 0 aliphatic heterocycles. The van der Waals surface area contributed by atoms with E-state index < -0.39 is 17.2 Å². The van der Waals surface area contributed by atoms with Gasteiger partial charge < -0.3 is 9.47 Å². The van der Waals surface area contributed by atoms with Crippen molar-refractivity contribution in [2.75, 3.05) is 14.1 Å². The smallest absolute Gasteiger partial charge is 0.244 e. The van der Waals surface area contributed by atoms with Crippen LogP contribution in [0, 0.1) is 5.82 Å². The maximum atomic E-state index is 13.7. The predicted molar refractivity (Wildman–Crippen MR) is 85.1 cm³/mol. The summed E-state index contributed by atoms with van der Waals surface area (Å²) < 4.78 is 15.8. The molecular formula is C14H16BrClFN3O. The Morgan fingerprint density at radius 1 is 1.43 bits per heavy atom. The van der Waals surface area contributed by atoms with Crippen LogP contribution in [0.5, 0.6) is 0 Å². The molecule has 0 spiro atoms. The van der Waals surface area contributed by atoms with Gasteiger partial charge in [0.25, 0.3) is 0 Å². The summed E-state index contributed by atoms with van der Waals surface area (Å²) in [6.07, 6.45) is 0. The molecular weight excluding hydrogens is 361 g/mol. The second-order valence-electron chi connectivity index (χ2n) is 5.12. The summed E-state index contributed by atoms with van der Waals surface area (Å²) in [6, 6.07) is 2.49. The number of alkyl halides is 1. The molecule has 7 heteroatoms. The van der Waals surface area contributed by atoms with Crippen molar-refractivity contribution in [3.8, 4) is 0 Å². The summed E-state index contributed by atoms with van der Waals surface area (Å²) in [6.45, 7) is 3.56. The topological polar surface area (TPSA) is 38.1 Å². The van der Waals surface area contributed by atoms with Crippen LogP contribution in [-0.4, -0.2) is 34.5 Å². The molecule has 114 valence electrons. The highest BCUT2D eigenvalue weighted by molar-refractivity contribution is 9.10. The monoisotopic (exact) mass is 375 g/mol. The van der Waals surface area contributed by atoms with Gasteiger partial charge >= 0.3 is 0 Å². The first-order chi connectivity index (χ1) is 9.73. The van der Waals surface area contributed by atoms with Gasteiger partial charge in [-0.3, -0.25) is 4.79 Å². The Morgan fingerprint density at radius 3 is 2.57 bits per heavy atom. The van der Waals surface area contributed by atoms with Gasteiger partial charge in [0.15, 0.2) is 0 Å². The Balaban J connectivity index is 2.72. The SMILES string of the molecule is CC(Cl)c1nc2cc(F)c(Br)cc2n1C(C)C(=O)N(C)C. The zero-order valence-corrected chi connectivity index (χ0v) is 14.5. The lowest BCUT2D eigenvalue weighted by molar-refractivity contribution is -0.131. The summed E-state index contributed by atoms with van der Waals surface area (Å²) in [5.41, 5.74) is 1.16. The molecule has 0 aliphatic rings. The molecule has 1 amide bonds. The van der Waals surface area contributed by atoms with Crippen molar-refractivity contribution in [1.82, 2.24) is 14.5 Å². The van der Waals surface area contributed by atoms with Gasteiger partial charge in [0.2, 0.25) is 5.91 Å². The van der Waals surface area contributed by atoms with Gasteiger partial charge in [0, 0.05) is 20.2 Å². The second kappa shape index (κ2) is 5.93. The summed E-state index contributed by atoms with van der Waals surface area (Å²) in [4.78, 5) is 18.1. The van der Waals surface area contributed by atoms with Crippen molar-refractivity contribution < 1.29 is 9.18 Å². The fraction of sp³-hybridized carbons (Fsp3) is 0.429. The van der Waals surface area contributed by atoms with Crippen LogP contribution in [0.25, 0.3) is 11.0 Å². The number of rotatable bonds is 3. The zero-order chi connectivity index (χ0) is 15.9. The Labute approximate surface area is 136 Å². The number of carbonyl (C=O) groups is 1. The first-order valence-electron chi connectivity index (χ1n) is 6.46. The van der Waals surface area contributed by atoms with E-state index in [9.17, 15) is 9.18 Å². The molecule has 4 nitrogen and oxygen atoms in total. The van der Waals surface area contributed by atoms with Gasteiger partial charge in [0.1, 0.15) is 17.7 Å². The largest absolute Gasteiger partial charge is 0.347 e. The van der Waals surface area contributed by atoms with Crippen molar-refractivity contribution in [2.24, 2.45) is 0 Å².